The molecule has 0 radical (unpaired) electrons. The van der Waals surface area contributed by atoms with Crippen LogP contribution in [0.3, 0.4) is 0 Å². The van der Waals surface area contributed by atoms with Crippen molar-refractivity contribution in [2.45, 2.75) is 58.9 Å². The molecule has 1 fully saturated rings. The molecule has 0 spiro atoms. The highest BCUT2D eigenvalue weighted by Gasteiger charge is 2.51. The molecular weight excluding hydrogens is 340 g/mol. The summed E-state index contributed by atoms with van der Waals surface area (Å²) in [6.07, 6.45) is 0. The lowest BCUT2D eigenvalue weighted by atomic mass is 9.78. The summed E-state index contributed by atoms with van der Waals surface area (Å²) in [5.41, 5.74) is 3.04. The van der Waals surface area contributed by atoms with E-state index in [1.165, 1.54) is 11.1 Å². The van der Waals surface area contributed by atoms with Gasteiger partial charge in [0.25, 0.3) is 0 Å². The molecule has 3 nitrogen and oxygen atoms in total. The smallest absolute Gasteiger partial charge is 0.399 e. The van der Waals surface area contributed by atoms with Gasteiger partial charge in [0.2, 0.25) is 0 Å². The lowest BCUT2D eigenvalue weighted by molar-refractivity contribution is 0.00578. The van der Waals surface area contributed by atoms with E-state index in [1.807, 2.05) is 59.0 Å². The summed E-state index contributed by atoms with van der Waals surface area (Å²) >= 11 is 0. The second-order valence-corrected chi connectivity index (χ2v) is 8.54. The zero-order valence-electron chi connectivity index (χ0n) is 17.2. The van der Waals surface area contributed by atoms with Crippen LogP contribution in [0.4, 0.5) is 4.39 Å². The molecule has 0 atom stereocenters. The summed E-state index contributed by atoms with van der Waals surface area (Å²) < 4.78 is 26.8. The maximum Gasteiger partial charge on any atom is 0.494 e. The normalized spacial score (nSPS) is 18.3. The highest BCUT2D eigenvalue weighted by atomic mass is 19.1. The van der Waals surface area contributed by atoms with E-state index in [-0.39, 0.29) is 5.82 Å². The van der Waals surface area contributed by atoms with Gasteiger partial charge in [-0.1, -0.05) is 36.4 Å². The molecule has 1 aliphatic rings. The molecule has 144 valence electrons. The molecule has 0 N–H and O–H groups in total. The van der Waals surface area contributed by atoms with Gasteiger partial charge in [-0.25, -0.2) is 4.39 Å². The highest BCUT2D eigenvalue weighted by Crippen LogP contribution is 2.36. The number of rotatable bonds is 5. The molecular formula is C22H29BFNO2. The molecule has 5 heteroatoms. The molecule has 1 saturated heterocycles. The van der Waals surface area contributed by atoms with Crippen molar-refractivity contribution >= 4 is 12.6 Å². The Morgan fingerprint density at radius 1 is 0.926 bits per heavy atom. The molecule has 3 rings (SSSR count). The molecule has 1 heterocycles. The predicted molar refractivity (Wildman–Crippen MR) is 108 cm³/mol. The summed E-state index contributed by atoms with van der Waals surface area (Å²) in [5.74, 6) is -0.223. The Hall–Kier alpha value is -1.69. The molecule has 27 heavy (non-hydrogen) atoms. The second-order valence-electron chi connectivity index (χ2n) is 8.54. The highest BCUT2D eigenvalue weighted by molar-refractivity contribution is 6.62. The van der Waals surface area contributed by atoms with Crippen molar-refractivity contribution in [3.05, 3.63) is 65.0 Å². The molecule has 0 aromatic heterocycles. The van der Waals surface area contributed by atoms with Gasteiger partial charge >= 0.3 is 7.12 Å². The van der Waals surface area contributed by atoms with E-state index in [0.29, 0.717) is 12.1 Å². The fourth-order valence-corrected chi connectivity index (χ4v) is 3.24. The van der Waals surface area contributed by atoms with Gasteiger partial charge in [-0.3, -0.25) is 4.90 Å². The molecule has 2 aromatic carbocycles. The maximum absolute atomic E-state index is 14.7. The fraction of sp³-hybridized carbons (Fsp3) is 0.455. The first-order chi connectivity index (χ1) is 12.6. The number of nitrogens with zero attached hydrogens (tertiary/aromatic N) is 1. The van der Waals surface area contributed by atoms with E-state index in [9.17, 15) is 4.39 Å². The molecule has 0 bridgehead atoms. The van der Waals surface area contributed by atoms with Gasteiger partial charge in [-0.2, -0.15) is 0 Å². The Bertz CT molecular complexity index is 806. The third-order valence-electron chi connectivity index (χ3n) is 5.74. The van der Waals surface area contributed by atoms with Gasteiger partial charge in [0.05, 0.1) is 11.2 Å². The summed E-state index contributed by atoms with van der Waals surface area (Å²) in [6.45, 7) is 11.4. The zero-order chi connectivity index (χ0) is 19.8. The Balaban J connectivity index is 1.69. The monoisotopic (exact) mass is 369 g/mol. The van der Waals surface area contributed by atoms with Crippen molar-refractivity contribution in [1.29, 1.82) is 0 Å². The molecule has 0 aliphatic carbocycles. The van der Waals surface area contributed by atoms with Crippen LogP contribution >= 0.6 is 0 Å². The molecule has 2 aromatic rings. The Labute approximate surface area is 162 Å². The third kappa shape index (κ3) is 4.26. The van der Waals surface area contributed by atoms with Crippen LogP contribution < -0.4 is 5.46 Å². The van der Waals surface area contributed by atoms with Crippen LogP contribution in [-0.2, 0) is 22.4 Å². The van der Waals surface area contributed by atoms with E-state index >= 15 is 0 Å². The second kappa shape index (κ2) is 7.38. The Morgan fingerprint density at radius 3 is 2.11 bits per heavy atom. The summed E-state index contributed by atoms with van der Waals surface area (Å²) in [4.78, 5) is 2.12. The lowest BCUT2D eigenvalue weighted by Crippen LogP contribution is -2.41. The maximum atomic E-state index is 14.7. The van der Waals surface area contributed by atoms with Crippen LogP contribution in [0.15, 0.2) is 42.5 Å². The van der Waals surface area contributed by atoms with Crippen LogP contribution in [0, 0.1) is 12.7 Å². The average Bonchev–Trinajstić information content (AvgIpc) is 2.79. The van der Waals surface area contributed by atoms with E-state index in [2.05, 4.69) is 24.0 Å². The summed E-state index contributed by atoms with van der Waals surface area (Å²) in [6, 6.07) is 13.6. The standard InChI is InChI=1S/C22H29BFNO2/c1-16-9-7-8-10-17(16)14-25(6)15-18-11-12-19(13-20(18)24)23-26-21(2,3)22(4,5)27-23/h7-13H,14-15H2,1-6H3. The van der Waals surface area contributed by atoms with Crippen molar-refractivity contribution in [3.8, 4) is 0 Å². The molecule has 0 unspecified atom stereocenters. The Kier molecular flexibility index (Phi) is 5.48. The van der Waals surface area contributed by atoms with Crippen molar-refractivity contribution in [1.82, 2.24) is 4.90 Å². The number of hydrogen-bond acceptors (Lipinski definition) is 3. The first-order valence-electron chi connectivity index (χ1n) is 9.46. The topological polar surface area (TPSA) is 21.7 Å². The first kappa shape index (κ1) is 20.1. The van der Waals surface area contributed by atoms with Gasteiger partial charge in [0, 0.05) is 18.7 Å². The van der Waals surface area contributed by atoms with Crippen molar-refractivity contribution in [2.75, 3.05) is 7.05 Å². The first-order valence-corrected chi connectivity index (χ1v) is 9.46. The van der Waals surface area contributed by atoms with Crippen LogP contribution in [0.1, 0.15) is 44.4 Å². The van der Waals surface area contributed by atoms with E-state index < -0.39 is 18.3 Å². The van der Waals surface area contributed by atoms with E-state index in [1.54, 1.807) is 6.07 Å². The van der Waals surface area contributed by atoms with Crippen molar-refractivity contribution < 1.29 is 13.7 Å². The van der Waals surface area contributed by atoms with Crippen LogP contribution in [0.25, 0.3) is 0 Å². The minimum atomic E-state index is -0.539. The van der Waals surface area contributed by atoms with Gasteiger partial charge in [-0.15, -0.1) is 0 Å². The molecule has 0 saturated carbocycles. The fourth-order valence-electron chi connectivity index (χ4n) is 3.24. The van der Waals surface area contributed by atoms with Crippen molar-refractivity contribution in [3.63, 3.8) is 0 Å². The number of halogens is 1. The van der Waals surface area contributed by atoms with Crippen LogP contribution in [0.2, 0.25) is 0 Å². The third-order valence-corrected chi connectivity index (χ3v) is 5.74. The van der Waals surface area contributed by atoms with E-state index in [0.717, 1.165) is 12.0 Å². The minimum Gasteiger partial charge on any atom is -0.399 e. The summed E-state index contributed by atoms with van der Waals surface area (Å²) in [7, 11) is 1.47. The average molecular weight is 369 g/mol. The Morgan fingerprint density at radius 2 is 1.52 bits per heavy atom. The van der Waals surface area contributed by atoms with Gasteiger partial charge in [-0.05, 0) is 64.3 Å². The van der Waals surface area contributed by atoms with Gasteiger partial charge in [0.1, 0.15) is 5.82 Å². The van der Waals surface area contributed by atoms with Gasteiger partial charge in [0.15, 0.2) is 0 Å². The predicted octanol–water partition coefficient (Wildman–Crippen LogP) is 4.07. The molecule has 1 aliphatic heterocycles. The SMILES string of the molecule is Cc1ccccc1CN(C)Cc1ccc(B2OC(C)(C)C(C)(C)O2)cc1F. The summed E-state index contributed by atoms with van der Waals surface area (Å²) in [5, 5.41) is 0. The van der Waals surface area contributed by atoms with E-state index in [4.69, 9.17) is 9.31 Å². The van der Waals surface area contributed by atoms with Gasteiger partial charge < -0.3 is 9.31 Å². The van der Waals surface area contributed by atoms with Crippen molar-refractivity contribution in [2.24, 2.45) is 0 Å². The zero-order valence-corrected chi connectivity index (χ0v) is 17.2. The molecule has 0 amide bonds. The number of benzene rings is 2. The van der Waals surface area contributed by atoms with Crippen LogP contribution in [0.5, 0.6) is 0 Å². The quantitative estimate of drug-likeness (QED) is 0.742. The van der Waals surface area contributed by atoms with Crippen LogP contribution in [-0.4, -0.2) is 30.3 Å². The number of hydrogen-bond donors (Lipinski definition) is 0. The minimum absolute atomic E-state index is 0.223. The lowest BCUT2D eigenvalue weighted by Gasteiger charge is -2.32. The largest absolute Gasteiger partial charge is 0.494 e. The number of aryl methyl sites for hydroxylation is 1.